The lowest BCUT2D eigenvalue weighted by Gasteiger charge is -2.30. The van der Waals surface area contributed by atoms with E-state index in [0.717, 1.165) is 51.9 Å². The van der Waals surface area contributed by atoms with Crippen molar-refractivity contribution in [3.05, 3.63) is 0 Å². The van der Waals surface area contributed by atoms with Gasteiger partial charge in [-0.3, -0.25) is 0 Å². The van der Waals surface area contributed by atoms with Crippen LogP contribution in [-0.2, 0) is 10.0 Å². The maximum absolute atomic E-state index is 11.8. The summed E-state index contributed by atoms with van der Waals surface area (Å²) in [4.78, 5) is 0. The molecule has 2 fully saturated rings. The molecule has 0 unspecified atom stereocenters. The van der Waals surface area contributed by atoms with Crippen LogP contribution in [0, 0.1) is 5.92 Å². The van der Waals surface area contributed by atoms with Crippen molar-refractivity contribution in [1.82, 2.24) is 9.62 Å². The van der Waals surface area contributed by atoms with Gasteiger partial charge in [0.05, 0.1) is 5.75 Å². The van der Waals surface area contributed by atoms with Gasteiger partial charge >= 0.3 is 0 Å². The molecule has 15 heavy (non-hydrogen) atoms. The topological polar surface area (TPSA) is 49.4 Å². The number of nitrogens with one attached hydrogen (secondary N) is 1. The normalized spacial score (nSPS) is 25.1. The van der Waals surface area contributed by atoms with Crippen LogP contribution in [-0.4, -0.2) is 44.7 Å². The maximum atomic E-state index is 11.8. The predicted molar refractivity (Wildman–Crippen MR) is 60.2 cm³/mol. The van der Waals surface area contributed by atoms with E-state index >= 15 is 0 Å². The molecule has 1 N–H and O–H groups in total. The fraction of sp³-hybridized carbons (Fsp3) is 1.00. The van der Waals surface area contributed by atoms with Crippen molar-refractivity contribution in [1.29, 1.82) is 0 Å². The number of rotatable bonds is 4. The summed E-state index contributed by atoms with van der Waals surface area (Å²) in [5.41, 5.74) is 0. The van der Waals surface area contributed by atoms with Gasteiger partial charge in [-0.2, -0.15) is 0 Å². The fourth-order valence-electron chi connectivity index (χ4n) is 2.18. The van der Waals surface area contributed by atoms with Crippen molar-refractivity contribution in [2.45, 2.75) is 25.7 Å². The number of nitrogens with zero attached hydrogens (tertiary/aromatic N) is 1. The van der Waals surface area contributed by atoms with E-state index in [9.17, 15) is 8.42 Å². The molecule has 0 saturated carbocycles. The van der Waals surface area contributed by atoms with Crippen molar-refractivity contribution < 1.29 is 8.42 Å². The predicted octanol–water partition coefficient (Wildman–Crippen LogP) is 0.412. The van der Waals surface area contributed by atoms with Gasteiger partial charge in [-0.1, -0.05) is 0 Å². The van der Waals surface area contributed by atoms with Crippen LogP contribution >= 0.6 is 0 Å². The van der Waals surface area contributed by atoms with E-state index in [4.69, 9.17) is 0 Å². The van der Waals surface area contributed by atoms with Gasteiger partial charge in [0.1, 0.15) is 0 Å². The second kappa shape index (κ2) is 4.80. The Morgan fingerprint density at radius 2 is 1.87 bits per heavy atom. The van der Waals surface area contributed by atoms with Gasteiger partial charge in [0, 0.05) is 13.1 Å². The smallest absolute Gasteiger partial charge is 0.214 e. The zero-order chi connectivity index (χ0) is 10.7. The van der Waals surface area contributed by atoms with E-state index in [-0.39, 0.29) is 0 Å². The minimum atomic E-state index is -2.91. The molecule has 2 aliphatic heterocycles. The molecule has 4 nitrogen and oxygen atoms in total. The summed E-state index contributed by atoms with van der Waals surface area (Å²) in [6, 6.07) is 0. The first-order valence-corrected chi connectivity index (χ1v) is 7.48. The molecule has 0 radical (unpaired) electrons. The highest BCUT2D eigenvalue weighted by Gasteiger charge is 2.28. The highest BCUT2D eigenvalue weighted by Crippen LogP contribution is 2.20. The van der Waals surface area contributed by atoms with Gasteiger partial charge < -0.3 is 5.32 Å². The molecule has 2 rings (SSSR count). The first kappa shape index (κ1) is 11.4. The standard InChI is InChI=1S/C10H20N2O2S/c13-15(14,12-7-1-8-12)9-4-10-2-5-11-6-3-10/h10-11H,1-9H2. The Morgan fingerprint density at radius 1 is 1.20 bits per heavy atom. The molecule has 0 bridgehead atoms. The van der Waals surface area contributed by atoms with Crippen molar-refractivity contribution in [2.24, 2.45) is 5.92 Å². The van der Waals surface area contributed by atoms with Gasteiger partial charge in [-0.25, -0.2) is 12.7 Å². The maximum Gasteiger partial charge on any atom is 0.214 e. The minimum Gasteiger partial charge on any atom is -0.317 e. The Morgan fingerprint density at radius 3 is 2.40 bits per heavy atom. The van der Waals surface area contributed by atoms with E-state index in [1.807, 2.05) is 0 Å². The van der Waals surface area contributed by atoms with Gasteiger partial charge in [-0.15, -0.1) is 0 Å². The minimum absolute atomic E-state index is 0.359. The van der Waals surface area contributed by atoms with Crippen LogP contribution in [0.5, 0.6) is 0 Å². The summed E-state index contributed by atoms with van der Waals surface area (Å²) < 4.78 is 25.2. The van der Waals surface area contributed by atoms with Gasteiger partial charge in [0.2, 0.25) is 10.0 Å². The van der Waals surface area contributed by atoms with Crippen LogP contribution in [0.15, 0.2) is 0 Å². The van der Waals surface area contributed by atoms with Crippen molar-refractivity contribution in [3.63, 3.8) is 0 Å². The van der Waals surface area contributed by atoms with Crippen LogP contribution in [0.4, 0.5) is 0 Å². The Hall–Kier alpha value is -0.130. The molecule has 2 aliphatic rings. The Bertz CT molecular complexity index is 293. The molecule has 0 aliphatic carbocycles. The molecule has 88 valence electrons. The summed E-state index contributed by atoms with van der Waals surface area (Å²) in [5.74, 6) is 0.972. The monoisotopic (exact) mass is 232 g/mol. The molecule has 2 saturated heterocycles. The van der Waals surface area contributed by atoms with E-state index in [2.05, 4.69) is 5.32 Å². The summed E-state index contributed by atoms with van der Waals surface area (Å²) in [5, 5.41) is 3.30. The van der Waals surface area contributed by atoms with Gasteiger partial charge in [0.15, 0.2) is 0 Å². The number of sulfonamides is 1. The molecule has 5 heteroatoms. The summed E-state index contributed by atoms with van der Waals surface area (Å²) in [6.45, 7) is 3.59. The molecular formula is C10H20N2O2S. The average molecular weight is 232 g/mol. The third-order valence-corrected chi connectivity index (χ3v) is 5.35. The lowest BCUT2D eigenvalue weighted by Crippen LogP contribution is -2.43. The lowest BCUT2D eigenvalue weighted by atomic mass is 9.96. The highest BCUT2D eigenvalue weighted by atomic mass is 32.2. The molecule has 2 heterocycles. The van der Waals surface area contributed by atoms with Crippen LogP contribution in [0.1, 0.15) is 25.7 Å². The quantitative estimate of drug-likeness (QED) is 0.764. The lowest BCUT2D eigenvalue weighted by molar-refractivity contribution is 0.304. The zero-order valence-electron chi connectivity index (χ0n) is 9.11. The number of hydrogen-bond donors (Lipinski definition) is 1. The molecular weight excluding hydrogens is 212 g/mol. The highest BCUT2D eigenvalue weighted by molar-refractivity contribution is 7.89. The summed E-state index contributed by atoms with van der Waals surface area (Å²) >= 11 is 0. The molecule has 0 aromatic rings. The largest absolute Gasteiger partial charge is 0.317 e. The van der Waals surface area contributed by atoms with E-state index in [1.165, 1.54) is 0 Å². The molecule has 0 spiro atoms. The van der Waals surface area contributed by atoms with E-state index in [0.29, 0.717) is 11.7 Å². The van der Waals surface area contributed by atoms with Crippen molar-refractivity contribution in [2.75, 3.05) is 31.9 Å². The third-order valence-electron chi connectivity index (χ3n) is 3.45. The Kier molecular flexibility index (Phi) is 3.64. The van der Waals surface area contributed by atoms with Crippen molar-refractivity contribution in [3.8, 4) is 0 Å². The second-order valence-corrected chi connectivity index (χ2v) is 6.64. The van der Waals surface area contributed by atoms with Crippen LogP contribution in [0.3, 0.4) is 0 Å². The van der Waals surface area contributed by atoms with Crippen LogP contribution < -0.4 is 5.32 Å². The van der Waals surface area contributed by atoms with Crippen LogP contribution in [0.2, 0.25) is 0 Å². The van der Waals surface area contributed by atoms with E-state index < -0.39 is 10.0 Å². The average Bonchev–Trinajstić information content (AvgIpc) is 2.13. The van der Waals surface area contributed by atoms with Gasteiger partial charge in [0.25, 0.3) is 0 Å². The van der Waals surface area contributed by atoms with E-state index in [1.54, 1.807) is 4.31 Å². The molecule has 0 atom stereocenters. The molecule has 0 aromatic carbocycles. The summed E-state index contributed by atoms with van der Waals surface area (Å²) in [7, 11) is -2.91. The van der Waals surface area contributed by atoms with Gasteiger partial charge in [-0.05, 0) is 44.7 Å². The SMILES string of the molecule is O=S(=O)(CCC1CCNCC1)N1CCC1. The summed E-state index contributed by atoms with van der Waals surface area (Å²) in [6.07, 6.45) is 4.15. The van der Waals surface area contributed by atoms with Crippen molar-refractivity contribution >= 4 is 10.0 Å². The Labute approximate surface area is 92.1 Å². The fourth-order valence-corrected chi connectivity index (χ4v) is 3.88. The Balaban J connectivity index is 1.76. The van der Waals surface area contributed by atoms with Crippen LogP contribution in [0.25, 0.3) is 0 Å². The third kappa shape index (κ3) is 2.92. The first-order valence-electron chi connectivity index (χ1n) is 5.87. The number of hydrogen-bond acceptors (Lipinski definition) is 3. The molecule has 0 aromatic heterocycles. The molecule has 0 amide bonds. The zero-order valence-corrected chi connectivity index (χ0v) is 9.93. The first-order chi connectivity index (χ1) is 7.18. The second-order valence-electron chi connectivity index (χ2n) is 4.55. The number of piperidine rings is 1.